The standard InChI is InChI=1S/C31H65NO2/c1-4-6-8-10-12-14-16-18-20-22-24-26-28-33-31(3,30-32)34-29-27-25-23-21-19-17-15-13-11-9-7-5-2/h4-30,32H2,1-3H3. The van der Waals surface area contributed by atoms with Gasteiger partial charge in [-0.15, -0.1) is 0 Å². The van der Waals surface area contributed by atoms with Crippen LogP contribution in [0.3, 0.4) is 0 Å². The minimum atomic E-state index is -0.602. The molecule has 0 radical (unpaired) electrons. The summed E-state index contributed by atoms with van der Waals surface area (Å²) in [4.78, 5) is 0. The summed E-state index contributed by atoms with van der Waals surface area (Å²) < 4.78 is 12.1. The van der Waals surface area contributed by atoms with Crippen LogP contribution < -0.4 is 5.73 Å². The quantitative estimate of drug-likeness (QED) is 0.0850. The Morgan fingerprint density at radius 3 is 0.882 bits per heavy atom. The second-order valence-corrected chi connectivity index (χ2v) is 10.8. The van der Waals surface area contributed by atoms with Crippen LogP contribution in [0.2, 0.25) is 0 Å². The van der Waals surface area contributed by atoms with E-state index >= 15 is 0 Å². The maximum Gasteiger partial charge on any atom is 0.177 e. The van der Waals surface area contributed by atoms with Crippen molar-refractivity contribution in [3.05, 3.63) is 0 Å². The van der Waals surface area contributed by atoms with Crippen molar-refractivity contribution < 1.29 is 9.47 Å². The summed E-state index contributed by atoms with van der Waals surface area (Å²) in [5.74, 6) is -0.602. The molecule has 0 aliphatic rings. The third-order valence-electron chi connectivity index (χ3n) is 7.18. The van der Waals surface area contributed by atoms with Crippen LogP contribution in [0.15, 0.2) is 0 Å². The largest absolute Gasteiger partial charge is 0.349 e. The van der Waals surface area contributed by atoms with Crippen LogP contribution in [0.25, 0.3) is 0 Å². The van der Waals surface area contributed by atoms with E-state index in [0.717, 1.165) is 26.1 Å². The molecule has 0 aromatic carbocycles. The van der Waals surface area contributed by atoms with Gasteiger partial charge in [-0.05, 0) is 19.8 Å². The lowest BCUT2D eigenvalue weighted by Crippen LogP contribution is -2.41. The topological polar surface area (TPSA) is 44.5 Å². The highest BCUT2D eigenvalue weighted by Gasteiger charge is 2.23. The molecule has 0 bridgehead atoms. The summed E-state index contributed by atoms with van der Waals surface area (Å²) in [6.45, 7) is 8.55. The number of hydrogen-bond acceptors (Lipinski definition) is 3. The van der Waals surface area contributed by atoms with Gasteiger partial charge in [-0.25, -0.2) is 0 Å². The normalized spacial score (nSPS) is 12.0. The van der Waals surface area contributed by atoms with E-state index in [1.807, 2.05) is 6.92 Å². The van der Waals surface area contributed by atoms with Gasteiger partial charge < -0.3 is 15.2 Å². The smallest absolute Gasteiger partial charge is 0.177 e. The molecule has 0 fully saturated rings. The number of unbranched alkanes of at least 4 members (excludes halogenated alkanes) is 22. The van der Waals surface area contributed by atoms with Crippen LogP contribution in [0, 0.1) is 0 Å². The first-order valence-electron chi connectivity index (χ1n) is 15.7. The molecule has 206 valence electrons. The van der Waals surface area contributed by atoms with Gasteiger partial charge in [0.2, 0.25) is 0 Å². The molecule has 0 aromatic heterocycles. The van der Waals surface area contributed by atoms with E-state index in [2.05, 4.69) is 13.8 Å². The molecule has 2 N–H and O–H groups in total. The molecular formula is C31H65NO2. The van der Waals surface area contributed by atoms with Crippen molar-refractivity contribution >= 4 is 0 Å². The van der Waals surface area contributed by atoms with E-state index in [0.29, 0.717) is 6.54 Å². The fourth-order valence-corrected chi connectivity index (χ4v) is 4.62. The summed E-state index contributed by atoms with van der Waals surface area (Å²) in [6.07, 6.45) is 32.8. The highest BCUT2D eigenvalue weighted by atomic mass is 16.7. The van der Waals surface area contributed by atoms with Gasteiger partial charge in [0, 0.05) is 6.54 Å². The summed E-state index contributed by atoms with van der Waals surface area (Å²) >= 11 is 0. The van der Waals surface area contributed by atoms with E-state index < -0.39 is 5.79 Å². The van der Waals surface area contributed by atoms with Crippen LogP contribution in [0.5, 0.6) is 0 Å². The zero-order valence-electron chi connectivity index (χ0n) is 24.0. The van der Waals surface area contributed by atoms with Crippen LogP contribution in [0.1, 0.15) is 175 Å². The predicted molar refractivity (Wildman–Crippen MR) is 152 cm³/mol. The van der Waals surface area contributed by atoms with Gasteiger partial charge in [-0.2, -0.15) is 0 Å². The van der Waals surface area contributed by atoms with Gasteiger partial charge in [-0.1, -0.05) is 155 Å². The Bertz CT molecular complexity index is 344. The Hall–Kier alpha value is -0.120. The summed E-state index contributed by atoms with van der Waals surface area (Å²) in [7, 11) is 0. The van der Waals surface area contributed by atoms with Crippen molar-refractivity contribution in [3.63, 3.8) is 0 Å². The molecule has 3 heteroatoms. The van der Waals surface area contributed by atoms with Crippen molar-refractivity contribution in [3.8, 4) is 0 Å². The fourth-order valence-electron chi connectivity index (χ4n) is 4.62. The molecule has 0 unspecified atom stereocenters. The SMILES string of the molecule is CCCCCCCCCCCCCCOC(C)(CN)OCCCCCCCCCCCCCC. The number of rotatable bonds is 29. The molecule has 0 amide bonds. The van der Waals surface area contributed by atoms with Crippen molar-refractivity contribution in [2.24, 2.45) is 5.73 Å². The zero-order chi connectivity index (χ0) is 25.0. The van der Waals surface area contributed by atoms with Gasteiger partial charge in [-0.3, -0.25) is 0 Å². The Balaban J connectivity index is 3.42. The van der Waals surface area contributed by atoms with Crippen LogP contribution in [-0.4, -0.2) is 25.5 Å². The summed E-state index contributed by atoms with van der Waals surface area (Å²) in [6, 6.07) is 0. The molecule has 0 aliphatic heterocycles. The number of ether oxygens (including phenoxy) is 2. The minimum absolute atomic E-state index is 0.434. The molecule has 0 spiro atoms. The maximum atomic E-state index is 6.03. The second kappa shape index (κ2) is 27.5. The van der Waals surface area contributed by atoms with Crippen molar-refractivity contribution in [1.82, 2.24) is 0 Å². The second-order valence-electron chi connectivity index (χ2n) is 10.8. The van der Waals surface area contributed by atoms with Crippen molar-refractivity contribution in [2.45, 2.75) is 181 Å². The van der Waals surface area contributed by atoms with Gasteiger partial charge in [0.05, 0.1) is 13.2 Å². The highest BCUT2D eigenvalue weighted by Crippen LogP contribution is 2.16. The third kappa shape index (κ3) is 25.0. The van der Waals surface area contributed by atoms with Crippen LogP contribution in [-0.2, 0) is 9.47 Å². The van der Waals surface area contributed by atoms with Crippen molar-refractivity contribution in [1.29, 1.82) is 0 Å². The van der Waals surface area contributed by atoms with E-state index in [1.165, 1.54) is 141 Å². The number of hydrogen-bond donors (Lipinski definition) is 1. The third-order valence-corrected chi connectivity index (χ3v) is 7.18. The summed E-state index contributed by atoms with van der Waals surface area (Å²) in [5, 5.41) is 0. The van der Waals surface area contributed by atoms with E-state index in [-0.39, 0.29) is 0 Å². The highest BCUT2D eigenvalue weighted by molar-refractivity contribution is 4.64. The van der Waals surface area contributed by atoms with E-state index in [1.54, 1.807) is 0 Å². The Morgan fingerprint density at radius 2 is 0.647 bits per heavy atom. The number of nitrogens with two attached hydrogens (primary N) is 1. The van der Waals surface area contributed by atoms with E-state index in [4.69, 9.17) is 15.2 Å². The fraction of sp³-hybridized carbons (Fsp3) is 1.00. The lowest BCUT2D eigenvalue weighted by Gasteiger charge is -2.28. The molecular weight excluding hydrogens is 418 g/mol. The Kier molecular flexibility index (Phi) is 27.4. The molecule has 0 saturated carbocycles. The Labute approximate surface area is 215 Å². The molecule has 0 aliphatic carbocycles. The van der Waals surface area contributed by atoms with Crippen LogP contribution >= 0.6 is 0 Å². The summed E-state index contributed by atoms with van der Waals surface area (Å²) in [5.41, 5.74) is 5.95. The van der Waals surface area contributed by atoms with Gasteiger partial charge >= 0.3 is 0 Å². The lowest BCUT2D eigenvalue weighted by atomic mass is 10.1. The van der Waals surface area contributed by atoms with Gasteiger partial charge in [0.15, 0.2) is 5.79 Å². The molecule has 3 nitrogen and oxygen atoms in total. The first kappa shape index (κ1) is 33.9. The molecule has 0 atom stereocenters. The molecule has 0 rings (SSSR count). The van der Waals surface area contributed by atoms with Gasteiger partial charge in [0.1, 0.15) is 0 Å². The minimum Gasteiger partial charge on any atom is -0.349 e. The van der Waals surface area contributed by atoms with Crippen LogP contribution in [0.4, 0.5) is 0 Å². The first-order valence-corrected chi connectivity index (χ1v) is 15.7. The van der Waals surface area contributed by atoms with E-state index in [9.17, 15) is 0 Å². The Morgan fingerprint density at radius 1 is 0.412 bits per heavy atom. The van der Waals surface area contributed by atoms with Crippen molar-refractivity contribution in [2.75, 3.05) is 19.8 Å². The zero-order valence-corrected chi connectivity index (χ0v) is 24.0. The molecule has 0 heterocycles. The maximum absolute atomic E-state index is 6.03. The monoisotopic (exact) mass is 484 g/mol. The molecule has 0 aromatic rings. The van der Waals surface area contributed by atoms with Gasteiger partial charge in [0.25, 0.3) is 0 Å². The average molecular weight is 484 g/mol. The predicted octanol–water partition coefficient (Wildman–Crippen LogP) is 10.1. The molecule has 34 heavy (non-hydrogen) atoms. The lowest BCUT2D eigenvalue weighted by molar-refractivity contribution is -0.219. The molecule has 0 saturated heterocycles. The first-order chi connectivity index (χ1) is 16.7. The average Bonchev–Trinajstić information content (AvgIpc) is 2.85.